The lowest BCUT2D eigenvalue weighted by molar-refractivity contribution is 0.169. The fourth-order valence-electron chi connectivity index (χ4n) is 2.53. The molecule has 0 radical (unpaired) electrons. The molecule has 1 saturated heterocycles. The quantitative estimate of drug-likeness (QED) is 0.875. The van der Waals surface area contributed by atoms with Gasteiger partial charge in [-0.15, -0.1) is 0 Å². The largest absolute Gasteiger partial charge is 0.334 e. The maximum atomic E-state index is 12.1. The van der Waals surface area contributed by atoms with Crippen LogP contribution in [0, 0.1) is 5.92 Å². The number of hydrogen-bond acceptors (Lipinski definition) is 2. The van der Waals surface area contributed by atoms with Gasteiger partial charge in [0.15, 0.2) is 0 Å². The third-order valence-electron chi connectivity index (χ3n) is 3.62. The zero-order chi connectivity index (χ0) is 13.7. The van der Waals surface area contributed by atoms with Gasteiger partial charge in [0, 0.05) is 26.2 Å². The average Bonchev–Trinajstić information content (AvgIpc) is 2.45. The summed E-state index contributed by atoms with van der Waals surface area (Å²) in [5.41, 5.74) is 7.81. The molecule has 0 spiro atoms. The van der Waals surface area contributed by atoms with Crippen molar-refractivity contribution in [1.29, 1.82) is 0 Å². The highest BCUT2D eigenvalue weighted by Gasteiger charge is 2.20. The fraction of sp³-hybridized carbons (Fsp3) is 0.533. The van der Waals surface area contributed by atoms with Crippen molar-refractivity contribution >= 4 is 6.03 Å². The van der Waals surface area contributed by atoms with Gasteiger partial charge in [-0.25, -0.2) is 4.79 Å². The van der Waals surface area contributed by atoms with Crippen LogP contribution in [0.5, 0.6) is 0 Å². The van der Waals surface area contributed by atoms with E-state index in [1.165, 1.54) is 6.42 Å². The lowest BCUT2D eigenvalue weighted by Crippen LogP contribution is -2.44. The van der Waals surface area contributed by atoms with Crippen LogP contribution in [0.1, 0.15) is 30.9 Å². The predicted molar refractivity (Wildman–Crippen MR) is 76.5 cm³/mol. The van der Waals surface area contributed by atoms with Crippen molar-refractivity contribution in [1.82, 2.24) is 10.2 Å². The summed E-state index contributed by atoms with van der Waals surface area (Å²) in [6.45, 7) is 5.04. The van der Waals surface area contributed by atoms with Gasteiger partial charge in [0.1, 0.15) is 0 Å². The zero-order valence-corrected chi connectivity index (χ0v) is 11.6. The summed E-state index contributed by atoms with van der Waals surface area (Å²) < 4.78 is 0. The van der Waals surface area contributed by atoms with Crippen molar-refractivity contribution in [3.8, 4) is 0 Å². The first-order valence-electron chi connectivity index (χ1n) is 6.99. The molecule has 1 aliphatic heterocycles. The van der Waals surface area contributed by atoms with Gasteiger partial charge < -0.3 is 16.0 Å². The molecule has 1 heterocycles. The van der Waals surface area contributed by atoms with Gasteiger partial charge >= 0.3 is 6.03 Å². The van der Waals surface area contributed by atoms with E-state index in [1.54, 1.807) is 0 Å². The number of nitrogens with zero attached hydrogens (tertiary/aromatic N) is 1. The fourth-order valence-corrected chi connectivity index (χ4v) is 2.53. The number of carbonyl (C=O) groups excluding carboxylic acids is 1. The maximum absolute atomic E-state index is 12.1. The van der Waals surface area contributed by atoms with E-state index in [1.807, 2.05) is 29.2 Å². The molecule has 1 aliphatic rings. The van der Waals surface area contributed by atoms with Gasteiger partial charge in [-0.3, -0.25) is 0 Å². The van der Waals surface area contributed by atoms with Crippen molar-refractivity contribution in [3.05, 3.63) is 35.4 Å². The number of benzene rings is 1. The van der Waals surface area contributed by atoms with E-state index in [0.29, 0.717) is 19.0 Å². The number of likely N-dealkylation sites (tertiary alicyclic amines) is 1. The van der Waals surface area contributed by atoms with E-state index >= 15 is 0 Å². The Hall–Kier alpha value is -1.55. The zero-order valence-electron chi connectivity index (χ0n) is 11.6. The van der Waals surface area contributed by atoms with Crippen LogP contribution in [0.2, 0.25) is 0 Å². The molecule has 0 aromatic heterocycles. The Balaban J connectivity index is 1.85. The summed E-state index contributed by atoms with van der Waals surface area (Å²) >= 11 is 0. The molecular weight excluding hydrogens is 238 g/mol. The summed E-state index contributed by atoms with van der Waals surface area (Å²) in [6, 6.07) is 8.08. The van der Waals surface area contributed by atoms with E-state index in [-0.39, 0.29) is 6.03 Å². The molecule has 1 aromatic rings. The molecule has 0 saturated carbocycles. The minimum absolute atomic E-state index is 0.0460. The smallest absolute Gasteiger partial charge is 0.317 e. The Morgan fingerprint density at radius 2 is 2.26 bits per heavy atom. The lowest BCUT2D eigenvalue weighted by atomic mass is 10.0. The molecule has 0 aliphatic carbocycles. The minimum atomic E-state index is 0.0460. The van der Waals surface area contributed by atoms with Gasteiger partial charge in [-0.2, -0.15) is 0 Å². The van der Waals surface area contributed by atoms with Crippen molar-refractivity contribution in [2.45, 2.75) is 32.9 Å². The average molecular weight is 261 g/mol. The topological polar surface area (TPSA) is 58.4 Å². The Bertz CT molecular complexity index is 433. The second-order valence-electron chi connectivity index (χ2n) is 5.38. The molecule has 1 atom stereocenters. The molecule has 4 nitrogen and oxygen atoms in total. The maximum Gasteiger partial charge on any atom is 0.317 e. The molecule has 3 N–H and O–H groups in total. The second kappa shape index (κ2) is 6.57. The summed E-state index contributed by atoms with van der Waals surface area (Å²) in [7, 11) is 0. The first-order chi connectivity index (χ1) is 9.19. The minimum Gasteiger partial charge on any atom is -0.334 e. The molecule has 1 aromatic carbocycles. The van der Waals surface area contributed by atoms with E-state index in [0.717, 1.165) is 30.6 Å². The van der Waals surface area contributed by atoms with Crippen LogP contribution >= 0.6 is 0 Å². The molecule has 19 heavy (non-hydrogen) atoms. The van der Waals surface area contributed by atoms with Crippen LogP contribution in [0.15, 0.2) is 24.3 Å². The Morgan fingerprint density at radius 1 is 1.47 bits per heavy atom. The van der Waals surface area contributed by atoms with Gasteiger partial charge in [-0.1, -0.05) is 31.2 Å². The summed E-state index contributed by atoms with van der Waals surface area (Å²) in [4.78, 5) is 14.0. The first kappa shape index (κ1) is 13.9. The third kappa shape index (κ3) is 3.96. The van der Waals surface area contributed by atoms with Crippen molar-refractivity contribution < 1.29 is 4.79 Å². The highest BCUT2D eigenvalue weighted by atomic mass is 16.2. The van der Waals surface area contributed by atoms with Crippen LogP contribution in [-0.4, -0.2) is 24.0 Å². The molecule has 2 rings (SSSR count). The molecule has 4 heteroatoms. The molecular formula is C15H23N3O. The Labute approximate surface area is 115 Å². The van der Waals surface area contributed by atoms with Crippen molar-refractivity contribution in [2.24, 2.45) is 11.7 Å². The second-order valence-corrected chi connectivity index (χ2v) is 5.38. The molecule has 1 fully saturated rings. The number of piperidine rings is 1. The van der Waals surface area contributed by atoms with Crippen molar-refractivity contribution in [3.63, 3.8) is 0 Å². The lowest BCUT2D eigenvalue weighted by Gasteiger charge is -2.31. The van der Waals surface area contributed by atoms with E-state index in [2.05, 4.69) is 12.2 Å². The number of carbonyl (C=O) groups is 1. The number of hydrogen-bond donors (Lipinski definition) is 2. The van der Waals surface area contributed by atoms with E-state index < -0.39 is 0 Å². The molecule has 2 amide bonds. The SMILES string of the molecule is CC1CCCN(C(=O)NCc2cccc(CN)c2)C1. The van der Waals surface area contributed by atoms with Crippen LogP contribution < -0.4 is 11.1 Å². The monoisotopic (exact) mass is 261 g/mol. The standard InChI is InChI=1S/C15H23N3O/c1-12-4-3-7-18(11-12)15(19)17-10-14-6-2-5-13(8-14)9-16/h2,5-6,8,12H,3-4,7,9-11,16H2,1H3,(H,17,19). The van der Waals surface area contributed by atoms with E-state index in [4.69, 9.17) is 5.73 Å². The van der Waals surface area contributed by atoms with Gasteiger partial charge in [-0.05, 0) is 29.9 Å². The van der Waals surface area contributed by atoms with Gasteiger partial charge in [0.25, 0.3) is 0 Å². The van der Waals surface area contributed by atoms with Crippen molar-refractivity contribution in [2.75, 3.05) is 13.1 Å². The van der Waals surface area contributed by atoms with Crippen LogP contribution in [-0.2, 0) is 13.1 Å². The normalized spacial score (nSPS) is 19.3. The van der Waals surface area contributed by atoms with Crippen LogP contribution in [0.3, 0.4) is 0 Å². The molecule has 0 bridgehead atoms. The Morgan fingerprint density at radius 3 is 3.00 bits per heavy atom. The summed E-state index contributed by atoms with van der Waals surface area (Å²) in [5, 5.41) is 2.99. The highest BCUT2D eigenvalue weighted by molar-refractivity contribution is 5.74. The van der Waals surface area contributed by atoms with Gasteiger partial charge in [0.05, 0.1) is 0 Å². The number of rotatable bonds is 3. The molecule has 104 valence electrons. The number of nitrogens with one attached hydrogen (secondary N) is 1. The summed E-state index contributed by atoms with van der Waals surface area (Å²) in [5.74, 6) is 0.611. The molecule has 1 unspecified atom stereocenters. The number of amides is 2. The van der Waals surface area contributed by atoms with Gasteiger partial charge in [0.2, 0.25) is 0 Å². The third-order valence-corrected chi connectivity index (χ3v) is 3.62. The number of urea groups is 1. The Kier molecular flexibility index (Phi) is 4.80. The highest BCUT2D eigenvalue weighted by Crippen LogP contribution is 2.15. The van der Waals surface area contributed by atoms with Crippen LogP contribution in [0.25, 0.3) is 0 Å². The predicted octanol–water partition coefficient (Wildman–Crippen LogP) is 2.09. The number of nitrogens with two attached hydrogens (primary N) is 1. The van der Waals surface area contributed by atoms with Crippen LogP contribution in [0.4, 0.5) is 4.79 Å². The summed E-state index contributed by atoms with van der Waals surface area (Å²) in [6.07, 6.45) is 2.33. The van der Waals surface area contributed by atoms with E-state index in [9.17, 15) is 4.79 Å². The first-order valence-corrected chi connectivity index (χ1v) is 6.99.